The third kappa shape index (κ3) is 3.56. The lowest BCUT2D eigenvalue weighted by atomic mass is 10.1. The number of hydrogen-bond acceptors (Lipinski definition) is 2. The molecule has 19 heavy (non-hydrogen) atoms. The van der Waals surface area contributed by atoms with Gasteiger partial charge >= 0.3 is 6.18 Å². The van der Waals surface area contributed by atoms with Crippen LogP contribution < -0.4 is 0 Å². The van der Waals surface area contributed by atoms with Gasteiger partial charge in [-0.3, -0.25) is 0 Å². The average molecular weight is 334 g/mol. The van der Waals surface area contributed by atoms with Gasteiger partial charge in [-0.15, -0.1) is 5.10 Å². The Morgan fingerprint density at radius 2 is 2.11 bits per heavy atom. The summed E-state index contributed by atoms with van der Waals surface area (Å²) < 4.78 is 39.2. The molecule has 102 valence electrons. The molecule has 1 aromatic carbocycles. The van der Waals surface area contributed by atoms with Gasteiger partial charge in [-0.2, -0.15) is 13.2 Å². The molecule has 0 fully saturated rings. The first-order chi connectivity index (χ1) is 8.86. The second kappa shape index (κ2) is 5.32. The van der Waals surface area contributed by atoms with Gasteiger partial charge in [0, 0.05) is 6.20 Å². The molecule has 0 aliphatic rings. The van der Waals surface area contributed by atoms with E-state index in [-0.39, 0.29) is 11.4 Å². The molecule has 7 heteroatoms. The number of rotatable bonds is 3. The topological polar surface area (TPSA) is 30.7 Å². The van der Waals surface area contributed by atoms with E-state index in [1.165, 1.54) is 10.7 Å². The molecule has 0 amide bonds. The first-order valence-corrected chi connectivity index (χ1v) is 6.48. The van der Waals surface area contributed by atoms with Crippen LogP contribution in [0.15, 0.2) is 30.5 Å². The summed E-state index contributed by atoms with van der Waals surface area (Å²) in [4.78, 5) is 0.0581. The van der Waals surface area contributed by atoms with E-state index < -0.39 is 11.7 Å². The van der Waals surface area contributed by atoms with E-state index in [2.05, 4.69) is 26.2 Å². The highest BCUT2D eigenvalue weighted by atomic mass is 79.9. The first kappa shape index (κ1) is 14.0. The third-order valence-corrected chi connectivity index (χ3v) is 3.03. The van der Waals surface area contributed by atoms with Crippen molar-refractivity contribution in [3.8, 4) is 0 Å². The van der Waals surface area contributed by atoms with Crippen molar-refractivity contribution in [2.75, 3.05) is 0 Å². The fraction of sp³-hybridized carbons (Fsp3) is 0.333. The first-order valence-electron chi connectivity index (χ1n) is 5.56. The Hall–Kier alpha value is -1.37. The normalized spacial score (nSPS) is 13.5. The molecule has 0 radical (unpaired) electrons. The van der Waals surface area contributed by atoms with E-state index in [0.717, 1.165) is 17.8 Å². The van der Waals surface area contributed by atoms with Crippen molar-refractivity contribution in [1.82, 2.24) is 15.0 Å². The van der Waals surface area contributed by atoms with Crippen LogP contribution in [0.4, 0.5) is 13.2 Å². The zero-order chi connectivity index (χ0) is 14.0. The van der Waals surface area contributed by atoms with Crippen LogP contribution in [0.25, 0.3) is 0 Å². The molecular formula is C12H11BrF3N3. The quantitative estimate of drug-likeness (QED) is 0.800. The van der Waals surface area contributed by atoms with Gasteiger partial charge in [0.25, 0.3) is 0 Å². The maximum atomic E-state index is 12.6. The predicted molar refractivity (Wildman–Crippen MR) is 67.9 cm³/mol. The van der Waals surface area contributed by atoms with Crippen LogP contribution in [0.5, 0.6) is 0 Å². The van der Waals surface area contributed by atoms with Crippen LogP contribution in [0.1, 0.15) is 28.6 Å². The van der Waals surface area contributed by atoms with E-state index in [4.69, 9.17) is 0 Å². The maximum absolute atomic E-state index is 12.6. The van der Waals surface area contributed by atoms with Crippen LogP contribution in [0.3, 0.4) is 0 Å². The molecular weight excluding hydrogens is 323 g/mol. The Morgan fingerprint density at radius 3 is 2.68 bits per heavy atom. The van der Waals surface area contributed by atoms with Crippen molar-refractivity contribution in [1.29, 1.82) is 0 Å². The van der Waals surface area contributed by atoms with E-state index >= 15 is 0 Å². The standard InChI is InChI=1S/C12H11BrF3N3/c1-8(13)11-7-19(18-17-11)6-9-3-2-4-10(5-9)12(14,15)16/h2-5,7-8H,6H2,1H3. The van der Waals surface area contributed by atoms with Crippen LogP contribution in [-0.4, -0.2) is 15.0 Å². The summed E-state index contributed by atoms with van der Waals surface area (Å²) >= 11 is 3.35. The van der Waals surface area contributed by atoms with Crippen molar-refractivity contribution in [3.05, 3.63) is 47.3 Å². The molecule has 1 heterocycles. The molecule has 1 aromatic heterocycles. The van der Waals surface area contributed by atoms with Crippen molar-refractivity contribution in [2.45, 2.75) is 24.5 Å². The van der Waals surface area contributed by atoms with Crippen molar-refractivity contribution in [3.63, 3.8) is 0 Å². The Bertz CT molecular complexity index is 563. The molecule has 0 aliphatic carbocycles. The van der Waals surface area contributed by atoms with Gasteiger partial charge in [-0.05, 0) is 24.6 Å². The molecule has 2 aromatic rings. The van der Waals surface area contributed by atoms with E-state index in [0.29, 0.717) is 5.56 Å². The molecule has 0 aliphatic heterocycles. The fourth-order valence-electron chi connectivity index (χ4n) is 1.61. The number of hydrogen-bond donors (Lipinski definition) is 0. The molecule has 0 spiro atoms. The summed E-state index contributed by atoms with van der Waals surface area (Å²) in [5.41, 5.74) is 0.625. The lowest BCUT2D eigenvalue weighted by molar-refractivity contribution is -0.137. The number of aromatic nitrogens is 3. The zero-order valence-electron chi connectivity index (χ0n) is 10.0. The molecule has 0 saturated heterocycles. The smallest absolute Gasteiger partial charge is 0.248 e. The summed E-state index contributed by atoms with van der Waals surface area (Å²) in [6.45, 7) is 2.16. The Balaban J connectivity index is 2.19. The summed E-state index contributed by atoms with van der Waals surface area (Å²) in [6.07, 6.45) is -2.62. The van der Waals surface area contributed by atoms with E-state index in [9.17, 15) is 13.2 Å². The van der Waals surface area contributed by atoms with Gasteiger partial charge < -0.3 is 0 Å². The van der Waals surface area contributed by atoms with Gasteiger partial charge in [-0.1, -0.05) is 33.3 Å². The number of benzene rings is 1. The Morgan fingerprint density at radius 1 is 1.37 bits per heavy atom. The van der Waals surface area contributed by atoms with Crippen molar-refractivity contribution in [2.24, 2.45) is 0 Å². The summed E-state index contributed by atoms with van der Waals surface area (Å²) in [5, 5.41) is 7.81. The summed E-state index contributed by atoms with van der Waals surface area (Å²) in [6, 6.07) is 5.20. The van der Waals surface area contributed by atoms with E-state index in [1.54, 1.807) is 12.3 Å². The van der Waals surface area contributed by atoms with Crippen LogP contribution >= 0.6 is 15.9 Å². The molecule has 1 atom stereocenters. The summed E-state index contributed by atoms with van der Waals surface area (Å²) in [7, 11) is 0. The molecule has 1 unspecified atom stereocenters. The Kier molecular flexibility index (Phi) is 3.93. The van der Waals surface area contributed by atoms with Gasteiger partial charge in [0.15, 0.2) is 0 Å². The van der Waals surface area contributed by atoms with Crippen molar-refractivity contribution >= 4 is 15.9 Å². The van der Waals surface area contributed by atoms with Crippen LogP contribution in [-0.2, 0) is 12.7 Å². The molecule has 3 nitrogen and oxygen atoms in total. The minimum atomic E-state index is -4.33. The molecule has 0 bridgehead atoms. The predicted octanol–water partition coefficient (Wildman–Crippen LogP) is 3.80. The fourth-order valence-corrected chi connectivity index (χ4v) is 1.82. The maximum Gasteiger partial charge on any atom is 0.416 e. The average Bonchev–Trinajstić information content (AvgIpc) is 2.77. The highest BCUT2D eigenvalue weighted by Crippen LogP contribution is 2.29. The second-order valence-electron chi connectivity index (χ2n) is 4.16. The molecule has 0 N–H and O–H groups in total. The number of alkyl halides is 4. The summed E-state index contributed by atoms with van der Waals surface area (Å²) in [5.74, 6) is 0. The van der Waals surface area contributed by atoms with Gasteiger partial charge in [-0.25, -0.2) is 4.68 Å². The number of nitrogens with zero attached hydrogens (tertiary/aromatic N) is 3. The monoisotopic (exact) mass is 333 g/mol. The zero-order valence-corrected chi connectivity index (χ0v) is 11.6. The number of halogens is 4. The Labute approximate surface area is 116 Å². The highest BCUT2D eigenvalue weighted by Gasteiger charge is 2.30. The second-order valence-corrected chi connectivity index (χ2v) is 5.53. The van der Waals surface area contributed by atoms with E-state index in [1.807, 2.05) is 6.92 Å². The third-order valence-electron chi connectivity index (χ3n) is 2.56. The van der Waals surface area contributed by atoms with Crippen LogP contribution in [0, 0.1) is 0 Å². The van der Waals surface area contributed by atoms with Crippen molar-refractivity contribution < 1.29 is 13.2 Å². The molecule has 0 saturated carbocycles. The van der Waals surface area contributed by atoms with Crippen LogP contribution in [0.2, 0.25) is 0 Å². The minimum absolute atomic E-state index is 0.0581. The van der Waals surface area contributed by atoms with Gasteiger partial charge in [0.05, 0.1) is 22.6 Å². The lowest BCUT2D eigenvalue weighted by Gasteiger charge is -2.08. The highest BCUT2D eigenvalue weighted by molar-refractivity contribution is 9.09. The van der Waals surface area contributed by atoms with Gasteiger partial charge in [0.2, 0.25) is 0 Å². The lowest BCUT2D eigenvalue weighted by Crippen LogP contribution is -2.07. The molecule has 2 rings (SSSR count). The SMILES string of the molecule is CC(Br)c1cn(Cc2cccc(C(F)(F)F)c2)nn1. The largest absolute Gasteiger partial charge is 0.416 e. The van der Waals surface area contributed by atoms with Gasteiger partial charge in [0.1, 0.15) is 0 Å². The minimum Gasteiger partial charge on any atom is -0.248 e.